The molecule has 7 heteroatoms. The van der Waals surface area contributed by atoms with Gasteiger partial charge in [-0.05, 0) is 12.1 Å². The lowest BCUT2D eigenvalue weighted by Crippen LogP contribution is -2.21. The smallest absolute Gasteiger partial charge is 0.469 e. The average molecular weight is 290 g/mol. The maximum absolute atomic E-state index is 12.2. The molecule has 0 bridgehead atoms. The number of Topliss-reactive ketones (excluding diaryl/α,β-unsaturated/α-hetero) is 1. The quantitative estimate of drug-likeness (QED) is 0.618. The van der Waals surface area contributed by atoms with Gasteiger partial charge in [0.1, 0.15) is 5.75 Å². The lowest BCUT2D eigenvalue weighted by Gasteiger charge is -2.14. The first-order valence-electron chi connectivity index (χ1n) is 5.70. The number of hydrogen-bond donors (Lipinski definition) is 0. The molecule has 4 nitrogen and oxygen atoms in total. The predicted octanol–water partition coefficient (Wildman–Crippen LogP) is 2.97. The van der Waals surface area contributed by atoms with E-state index >= 15 is 0 Å². The number of carbonyl (C=O) groups excluding carboxylic acids is 2. The van der Waals surface area contributed by atoms with Crippen molar-refractivity contribution in [3.8, 4) is 5.75 Å². The third-order valence-electron chi connectivity index (χ3n) is 2.53. The van der Waals surface area contributed by atoms with E-state index in [9.17, 15) is 22.8 Å². The molecule has 0 radical (unpaired) electrons. The monoisotopic (exact) mass is 290 g/mol. The third-order valence-corrected chi connectivity index (χ3v) is 2.53. The Hall–Kier alpha value is -2.05. The molecule has 0 N–H and O–H groups in total. The first-order chi connectivity index (χ1) is 9.24. The van der Waals surface area contributed by atoms with Crippen molar-refractivity contribution in [2.75, 3.05) is 7.11 Å². The van der Waals surface area contributed by atoms with Crippen molar-refractivity contribution >= 4 is 11.8 Å². The highest BCUT2D eigenvalue weighted by molar-refractivity contribution is 6.01. The van der Waals surface area contributed by atoms with Gasteiger partial charge in [0.15, 0.2) is 5.78 Å². The van der Waals surface area contributed by atoms with E-state index in [0.29, 0.717) is 0 Å². The van der Waals surface area contributed by atoms with Crippen LogP contribution in [-0.2, 0) is 9.53 Å². The SMILES string of the molecule is COC(=O)CC(C)C(=O)c1ccccc1OC(F)(F)F. The number of carbonyl (C=O) groups is 2. The summed E-state index contributed by atoms with van der Waals surface area (Å²) in [5.74, 6) is -2.61. The molecule has 0 fully saturated rings. The van der Waals surface area contributed by atoms with Gasteiger partial charge in [-0.3, -0.25) is 9.59 Å². The minimum Gasteiger partial charge on any atom is -0.469 e. The third kappa shape index (κ3) is 4.56. The zero-order valence-corrected chi connectivity index (χ0v) is 10.9. The van der Waals surface area contributed by atoms with E-state index in [1.165, 1.54) is 32.2 Å². The van der Waals surface area contributed by atoms with Crippen LogP contribution in [0.15, 0.2) is 24.3 Å². The van der Waals surface area contributed by atoms with Gasteiger partial charge in [0, 0.05) is 5.92 Å². The molecule has 0 amide bonds. The molecule has 1 unspecified atom stereocenters. The van der Waals surface area contributed by atoms with Gasteiger partial charge in [-0.15, -0.1) is 13.2 Å². The molecule has 0 aliphatic carbocycles. The second-order valence-corrected chi connectivity index (χ2v) is 4.09. The number of alkyl halides is 3. The van der Waals surface area contributed by atoms with Gasteiger partial charge >= 0.3 is 12.3 Å². The van der Waals surface area contributed by atoms with Gasteiger partial charge in [0.25, 0.3) is 0 Å². The number of esters is 1. The summed E-state index contributed by atoms with van der Waals surface area (Å²) in [5.41, 5.74) is -0.221. The normalized spacial score (nSPS) is 12.7. The molecular weight excluding hydrogens is 277 g/mol. The van der Waals surface area contributed by atoms with Gasteiger partial charge in [-0.2, -0.15) is 0 Å². The zero-order chi connectivity index (χ0) is 15.3. The van der Waals surface area contributed by atoms with Crippen LogP contribution in [-0.4, -0.2) is 25.2 Å². The summed E-state index contributed by atoms with van der Waals surface area (Å²) in [6.45, 7) is 1.43. The standard InChI is InChI=1S/C13H13F3O4/c1-8(7-11(17)19-2)12(18)9-5-3-4-6-10(9)20-13(14,15)16/h3-6,8H,7H2,1-2H3. The Morgan fingerprint density at radius 1 is 1.25 bits per heavy atom. The summed E-state index contributed by atoms with van der Waals surface area (Å²) in [5, 5.41) is 0. The molecule has 1 rings (SSSR count). The summed E-state index contributed by atoms with van der Waals surface area (Å²) in [6.07, 6.45) is -5.10. The van der Waals surface area contributed by atoms with Gasteiger partial charge in [0.2, 0.25) is 0 Å². The molecule has 0 saturated heterocycles. The van der Waals surface area contributed by atoms with Crippen LogP contribution in [0.3, 0.4) is 0 Å². The maximum Gasteiger partial charge on any atom is 0.573 e. The van der Waals surface area contributed by atoms with Crippen LogP contribution in [0, 0.1) is 5.92 Å². The highest BCUT2D eigenvalue weighted by atomic mass is 19.4. The number of benzene rings is 1. The summed E-state index contributed by atoms with van der Waals surface area (Å²) >= 11 is 0. The Bertz CT molecular complexity index is 497. The fourth-order valence-corrected chi connectivity index (χ4v) is 1.58. The lowest BCUT2D eigenvalue weighted by atomic mass is 9.96. The molecule has 1 aromatic rings. The number of ether oxygens (including phenoxy) is 2. The number of para-hydroxylation sites is 1. The molecule has 20 heavy (non-hydrogen) atoms. The first-order valence-corrected chi connectivity index (χ1v) is 5.70. The number of rotatable bonds is 5. The van der Waals surface area contributed by atoms with Crippen LogP contribution >= 0.6 is 0 Å². The Morgan fingerprint density at radius 3 is 2.40 bits per heavy atom. The number of halogens is 3. The predicted molar refractivity (Wildman–Crippen MR) is 63.3 cm³/mol. The fraction of sp³-hybridized carbons (Fsp3) is 0.385. The Labute approximate surface area is 113 Å². The van der Waals surface area contributed by atoms with E-state index in [1.54, 1.807) is 0 Å². The van der Waals surface area contributed by atoms with E-state index in [2.05, 4.69) is 9.47 Å². The topological polar surface area (TPSA) is 52.6 Å². The van der Waals surface area contributed by atoms with Crippen molar-refractivity contribution in [2.24, 2.45) is 5.92 Å². The van der Waals surface area contributed by atoms with Crippen LogP contribution < -0.4 is 4.74 Å². The summed E-state index contributed by atoms with van der Waals surface area (Å²) < 4.78 is 44.9. The fourth-order valence-electron chi connectivity index (χ4n) is 1.58. The Kier molecular flexibility index (Phi) is 5.12. The van der Waals surface area contributed by atoms with Crippen molar-refractivity contribution in [3.63, 3.8) is 0 Å². The molecule has 0 saturated carbocycles. The first kappa shape index (κ1) is 16.0. The molecule has 0 heterocycles. The Morgan fingerprint density at radius 2 is 1.85 bits per heavy atom. The molecule has 1 atom stereocenters. The van der Waals surface area contributed by atoms with Crippen LogP contribution in [0.25, 0.3) is 0 Å². The minimum absolute atomic E-state index is 0.213. The highest BCUT2D eigenvalue weighted by Gasteiger charge is 2.33. The maximum atomic E-state index is 12.2. The molecule has 0 spiro atoms. The van der Waals surface area contributed by atoms with Gasteiger partial charge in [-0.1, -0.05) is 19.1 Å². The summed E-state index contributed by atoms with van der Waals surface area (Å²) in [6, 6.07) is 5.01. The molecule has 1 aromatic carbocycles. The molecular formula is C13H13F3O4. The summed E-state index contributed by atoms with van der Waals surface area (Å²) in [4.78, 5) is 23.1. The van der Waals surface area contributed by atoms with Gasteiger partial charge in [0.05, 0.1) is 19.1 Å². The Balaban J connectivity index is 2.95. The molecule has 0 aliphatic rings. The van der Waals surface area contributed by atoms with Crippen molar-refractivity contribution in [2.45, 2.75) is 19.7 Å². The average Bonchev–Trinajstić information content (AvgIpc) is 2.36. The molecule has 0 aromatic heterocycles. The second-order valence-electron chi connectivity index (χ2n) is 4.09. The second kappa shape index (κ2) is 6.40. The van der Waals surface area contributed by atoms with E-state index in [0.717, 1.165) is 6.07 Å². The van der Waals surface area contributed by atoms with Crippen molar-refractivity contribution in [1.29, 1.82) is 0 Å². The largest absolute Gasteiger partial charge is 0.573 e. The number of ketones is 1. The molecule has 110 valence electrons. The van der Waals surface area contributed by atoms with Crippen LogP contribution in [0.4, 0.5) is 13.2 Å². The highest BCUT2D eigenvalue weighted by Crippen LogP contribution is 2.28. The minimum atomic E-state index is -4.89. The molecule has 0 aliphatic heterocycles. The van der Waals surface area contributed by atoms with Gasteiger partial charge in [-0.25, -0.2) is 0 Å². The van der Waals surface area contributed by atoms with Crippen LogP contribution in [0.2, 0.25) is 0 Å². The zero-order valence-electron chi connectivity index (χ0n) is 10.9. The van der Waals surface area contributed by atoms with Crippen LogP contribution in [0.5, 0.6) is 5.75 Å². The lowest BCUT2D eigenvalue weighted by molar-refractivity contribution is -0.274. The number of hydrogen-bond acceptors (Lipinski definition) is 4. The van der Waals surface area contributed by atoms with Crippen molar-refractivity contribution < 1.29 is 32.2 Å². The van der Waals surface area contributed by atoms with E-state index in [1.807, 2.05) is 0 Å². The number of methoxy groups -OCH3 is 1. The van der Waals surface area contributed by atoms with E-state index in [4.69, 9.17) is 0 Å². The van der Waals surface area contributed by atoms with Crippen LogP contribution in [0.1, 0.15) is 23.7 Å². The van der Waals surface area contributed by atoms with E-state index < -0.39 is 29.8 Å². The van der Waals surface area contributed by atoms with E-state index in [-0.39, 0.29) is 12.0 Å². The van der Waals surface area contributed by atoms with Crippen molar-refractivity contribution in [3.05, 3.63) is 29.8 Å². The summed E-state index contributed by atoms with van der Waals surface area (Å²) in [7, 11) is 1.17. The van der Waals surface area contributed by atoms with Crippen molar-refractivity contribution in [1.82, 2.24) is 0 Å². The van der Waals surface area contributed by atoms with Gasteiger partial charge < -0.3 is 9.47 Å².